The van der Waals surface area contributed by atoms with E-state index in [0.717, 1.165) is 17.1 Å². The molecule has 0 spiro atoms. The third kappa shape index (κ3) is 3.66. The molecule has 0 bridgehead atoms. The monoisotopic (exact) mass is 285 g/mol. The van der Waals surface area contributed by atoms with Gasteiger partial charge in [-0.15, -0.1) is 0 Å². The average molecular weight is 285 g/mol. The van der Waals surface area contributed by atoms with Gasteiger partial charge in [-0.05, 0) is 49.4 Å². The van der Waals surface area contributed by atoms with Crippen molar-refractivity contribution in [1.29, 1.82) is 0 Å². The van der Waals surface area contributed by atoms with Crippen molar-refractivity contribution >= 4 is 23.0 Å². The molecule has 4 N–H and O–H groups in total. The van der Waals surface area contributed by atoms with Crippen molar-refractivity contribution in [3.8, 4) is 5.75 Å². The maximum Gasteiger partial charge on any atom is 0.251 e. The first-order valence-electron chi connectivity index (χ1n) is 6.73. The predicted octanol–water partition coefficient (Wildman–Crippen LogP) is 2.77. The Balaban J connectivity index is 2.15. The zero-order valence-electron chi connectivity index (χ0n) is 12.1. The molecule has 0 fully saturated rings. The fourth-order valence-corrected chi connectivity index (χ4v) is 1.91. The Morgan fingerprint density at radius 2 is 1.90 bits per heavy atom. The number of methoxy groups -OCH3 is 1. The van der Waals surface area contributed by atoms with Gasteiger partial charge in [-0.1, -0.05) is 0 Å². The predicted molar refractivity (Wildman–Crippen MR) is 85.1 cm³/mol. The number of nitrogens with one attached hydrogen (secondary N) is 2. The number of hydrogen-bond acceptors (Lipinski definition) is 4. The van der Waals surface area contributed by atoms with Crippen LogP contribution in [0.1, 0.15) is 17.3 Å². The Hall–Kier alpha value is -2.69. The van der Waals surface area contributed by atoms with Gasteiger partial charge in [0.15, 0.2) is 0 Å². The molecule has 0 heterocycles. The van der Waals surface area contributed by atoms with Gasteiger partial charge in [0, 0.05) is 17.8 Å². The first-order chi connectivity index (χ1) is 10.1. The second-order valence-electron chi connectivity index (χ2n) is 4.51. The molecule has 0 aliphatic heterocycles. The van der Waals surface area contributed by atoms with Gasteiger partial charge < -0.3 is 21.1 Å². The van der Waals surface area contributed by atoms with Crippen LogP contribution in [-0.2, 0) is 0 Å². The van der Waals surface area contributed by atoms with Gasteiger partial charge in [0.1, 0.15) is 5.75 Å². The van der Waals surface area contributed by atoms with E-state index in [1.807, 2.05) is 31.2 Å². The van der Waals surface area contributed by atoms with Crippen molar-refractivity contribution in [3.63, 3.8) is 0 Å². The molecule has 2 aromatic carbocycles. The highest BCUT2D eigenvalue weighted by Gasteiger charge is 2.07. The highest BCUT2D eigenvalue weighted by atomic mass is 16.5. The summed E-state index contributed by atoms with van der Waals surface area (Å²) in [5.74, 6) is 0.667. The molecule has 0 saturated carbocycles. The summed E-state index contributed by atoms with van der Waals surface area (Å²) >= 11 is 0. The summed E-state index contributed by atoms with van der Waals surface area (Å²) in [6, 6.07) is 12.7. The van der Waals surface area contributed by atoms with Gasteiger partial charge in [-0.3, -0.25) is 4.79 Å². The Bertz CT molecular complexity index is 624. The van der Waals surface area contributed by atoms with Gasteiger partial charge in [-0.2, -0.15) is 0 Å². The number of ether oxygens (including phenoxy) is 1. The molecule has 2 rings (SSSR count). The molecule has 0 radical (unpaired) electrons. The van der Waals surface area contributed by atoms with Gasteiger partial charge in [0.05, 0.1) is 18.5 Å². The van der Waals surface area contributed by atoms with E-state index in [9.17, 15) is 4.79 Å². The Morgan fingerprint density at radius 1 is 1.19 bits per heavy atom. The van der Waals surface area contributed by atoms with Crippen LogP contribution in [0.2, 0.25) is 0 Å². The van der Waals surface area contributed by atoms with Crippen LogP contribution in [0.15, 0.2) is 42.5 Å². The first kappa shape index (κ1) is 14.7. The van der Waals surface area contributed by atoms with Crippen LogP contribution in [0.4, 0.5) is 17.1 Å². The summed E-state index contributed by atoms with van der Waals surface area (Å²) in [6.07, 6.45) is 0. The second kappa shape index (κ2) is 6.65. The van der Waals surface area contributed by atoms with Crippen molar-refractivity contribution in [2.24, 2.45) is 0 Å². The third-order valence-corrected chi connectivity index (χ3v) is 3.02. The largest absolute Gasteiger partial charge is 0.497 e. The van der Waals surface area contributed by atoms with Crippen molar-refractivity contribution in [3.05, 3.63) is 48.0 Å². The topological polar surface area (TPSA) is 76.4 Å². The van der Waals surface area contributed by atoms with E-state index in [1.165, 1.54) is 0 Å². The summed E-state index contributed by atoms with van der Waals surface area (Å²) in [5.41, 5.74) is 8.72. The molecule has 5 heteroatoms. The molecule has 21 heavy (non-hydrogen) atoms. The molecule has 0 aromatic heterocycles. The number of amides is 1. The number of carbonyl (C=O) groups excluding carboxylic acids is 1. The maximum atomic E-state index is 11.7. The minimum absolute atomic E-state index is 0.125. The highest BCUT2D eigenvalue weighted by molar-refractivity contribution is 5.96. The quantitative estimate of drug-likeness (QED) is 0.738. The fourth-order valence-electron chi connectivity index (χ4n) is 1.91. The van der Waals surface area contributed by atoms with Crippen LogP contribution >= 0.6 is 0 Å². The van der Waals surface area contributed by atoms with Crippen LogP contribution in [0.25, 0.3) is 0 Å². The fraction of sp³-hybridized carbons (Fsp3) is 0.188. The lowest BCUT2D eigenvalue weighted by Gasteiger charge is -2.11. The lowest BCUT2D eigenvalue weighted by molar-refractivity contribution is 0.0956. The number of carbonyl (C=O) groups is 1. The van der Waals surface area contributed by atoms with Crippen LogP contribution in [-0.4, -0.2) is 19.6 Å². The van der Waals surface area contributed by atoms with Gasteiger partial charge in [-0.25, -0.2) is 0 Å². The van der Waals surface area contributed by atoms with Crippen LogP contribution in [0.3, 0.4) is 0 Å². The van der Waals surface area contributed by atoms with Gasteiger partial charge >= 0.3 is 0 Å². The standard InChI is InChI=1S/C16H19N3O2/c1-3-18-16(20)11-4-9-15(14(17)10-11)19-12-5-7-13(21-2)8-6-12/h4-10,19H,3,17H2,1-2H3,(H,18,20). The minimum atomic E-state index is -0.125. The lowest BCUT2D eigenvalue weighted by atomic mass is 10.1. The van der Waals surface area contributed by atoms with Gasteiger partial charge in [0.2, 0.25) is 0 Å². The zero-order chi connectivity index (χ0) is 15.2. The Morgan fingerprint density at radius 3 is 2.48 bits per heavy atom. The van der Waals surface area contributed by atoms with E-state index in [2.05, 4.69) is 10.6 Å². The van der Waals surface area contributed by atoms with E-state index >= 15 is 0 Å². The molecule has 0 aliphatic carbocycles. The first-order valence-corrected chi connectivity index (χ1v) is 6.73. The SMILES string of the molecule is CCNC(=O)c1ccc(Nc2ccc(OC)cc2)c(N)c1. The van der Waals surface area contributed by atoms with Crippen molar-refractivity contribution < 1.29 is 9.53 Å². The van der Waals surface area contributed by atoms with E-state index in [4.69, 9.17) is 10.5 Å². The van der Waals surface area contributed by atoms with E-state index in [-0.39, 0.29) is 5.91 Å². The zero-order valence-corrected chi connectivity index (χ0v) is 12.1. The van der Waals surface area contributed by atoms with Crippen LogP contribution < -0.4 is 21.1 Å². The lowest BCUT2D eigenvalue weighted by Crippen LogP contribution is -2.22. The van der Waals surface area contributed by atoms with Crippen molar-refractivity contribution in [1.82, 2.24) is 5.32 Å². The molecular formula is C16H19N3O2. The average Bonchev–Trinajstić information content (AvgIpc) is 2.50. The smallest absolute Gasteiger partial charge is 0.251 e. The molecule has 5 nitrogen and oxygen atoms in total. The van der Waals surface area contributed by atoms with Crippen LogP contribution in [0, 0.1) is 0 Å². The van der Waals surface area contributed by atoms with Crippen LogP contribution in [0.5, 0.6) is 5.75 Å². The molecule has 1 amide bonds. The van der Waals surface area contributed by atoms with Gasteiger partial charge in [0.25, 0.3) is 5.91 Å². The Labute approximate surface area is 124 Å². The highest BCUT2D eigenvalue weighted by Crippen LogP contribution is 2.25. The summed E-state index contributed by atoms with van der Waals surface area (Å²) in [4.78, 5) is 11.7. The maximum absolute atomic E-state index is 11.7. The van der Waals surface area contributed by atoms with Crippen molar-refractivity contribution in [2.75, 3.05) is 24.7 Å². The second-order valence-corrected chi connectivity index (χ2v) is 4.51. The van der Waals surface area contributed by atoms with Crippen molar-refractivity contribution in [2.45, 2.75) is 6.92 Å². The molecule has 0 atom stereocenters. The normalized spacial score (nSPS) is 10.0. The Kier molecular flexibility index (Phi) is 4.66. The summed E-state index contributed by atoms with van der Waals surface area (Å²) in [5, 5.41) is 5.95. The molecule has 110 valence electrons. The molecular weight excluding hydrogens is 266 g/mol. The number of hydrogen-bond donors (Lipinski definition) is 3. The van der Waals surface area contributed by atoms with E-state index < -0.39 is 0 Å². The number of rotatable bonds is 5. The summed E-state index contributed by atoms with van der Waals surface area (Å²) < 4.78 is 5.11. The minimum Gasteiger partial charge on any atom is -0.497 e. The molecule has 2 aromatic rings. The van der Waals surface area contributed by atoms with E-state index in [1.54, 1.807) is 25.3 Å². The molecule has 0 saturated heterocycles. The third-order valence-electron chi connectivity index (χ3n) is 3.02. The molecule has 0 aliphatic rings. The number of benzene rings is 2. The summed E-state index contributed by atoms with van der Waals surface area (Å²) in [6.45, 7) is 2.46. The number of nitrogen functional groups attached to an aromatic ring is 1. The number of nitrogens with two attached hydrogens (primary N) is 1. The molecule has 0 unspecified atom stereocenters. The number of anilines is 3. The van der Waals surface area contributed by atoms with E-state index in [0.29, 0.717) is 17.8 Å². The summed E-state index contributed by atoms with van der Waals surface area (Å²) in [7, 11) is 1.63.